The van der Waals surface area contributed by atoms with E-state index in [9.17, 15) is 4.79 Å². The number of nitrogens with zero attached hydrogens (tertiary/aromatic N) is 3. The number of benzene rings is 1. The molecule has 0 unspecified atom stereocenters. The van der Waals surface area contributed by atoms with E-state index in [1.54, 1.807) is 12.5 Å². The number of rotatable bonds is 1. The second kappa shape index (κ2) is 4.70. The summed E-state index contributed by atoms with van der Waals surface area (Å²) in [5, 5.41) is 1.06. The third-order valence-corrected chi connectivity index (χ3v) is 3.95. The molecule has 104 valence electrons. The first kappa shape index (κ1) is 12.1. The molecular weight excluding hydrogens is 264 g/mol. The van der Waals surface area contributed by atoms with Crippen LogP contribution in [0.2, 0.25) is 0 Å². The van der Waals surface area contributed by atoms with E-state index in [1.165, 1.54) is 0 Å². The van der Waals surface area contributed by atoms with Gasteiger partial charge in [-0.05, 0) is 24.3 Å². The van der Waals surface area contributed by atoms with Gasteiger partial charge in [-0.1, -0.05) is 0 Å². The SMILES string of the molecule is O=C(c1ccc2[nH]ccc2c1)N1CCc2ncncc2C1. The standard InChI is InChI=1S/C16H14N4O/c21-16(12-1-2-14-11(7-12)3-5-18-14)20-6-4-15-13(9-20)8-17-10-19-15/h1-3,5,7-8,10,18H,4,6,9H2. The smallest absolute Gasteiger partial charge is 0.254 e. The minimum Gasteiger partial charge on any atom is -0.361 e. The van der Waals surface area contributed by atoms with Crippen LogP contribution in [0, 0.1) is 0 Å². The van der Waals surface area contributed by atoms with E-state index in [4.69, 9.17) is 0 Å². The van der Waals surface area contributed by atoms with Gasteiger partial charge < -0.3 is 9.88 Å². The van der Waals surface area contributed by atoms with Crippen molar-refractivity contribution in [2.24, 2.45) is 0 Å². The Bertz CT molecular complexity index is 824. The predicted octanol–water partition coefficient (Wildman–Crippen LogP) is 2.16. The summed E-state index contributed by atoms with van der Waals surface area (Å²) in [5.74, 6) is 0.0626. The van der Waals surface area contributed by atoms with E-state index in [0.29, 0.717) is 13.1 Å². The Labute approximate surface area is 121 Å². The van der Waals surface area contributed by atoms with E-state index in [-0.39, 0.29) is 5.91 Å². The number of H-pyrrole nitrogens is 1. The number of hydrogen-bond acceptors (Lipinski definition) is 3. The molecule has 3 heterocycles. The lowest BCUT2D eigenvalue weighted by Gasteiger charge is -2.27. The Hall–Kier alpha value is -2.69. The summed E-state index contributed by atoms with van der Waals surface area (Å²) in [6.45, 7) is 1.29. The van der Waals surface area contributed by atoms with Crippen LogP contribution < -0.4 is 0 Å². The highest BCUT2D eigenvalue weighted by molar-refractivity contribution is 5.98. The molecule has 0 bridgehead atoms. The lowest BCUT2D eigenvalue weighted by atomic mass is 10.1. The van der Waals surface area contributed by atoms with Crippen LogP contribution in [0.5, 0.6) is 0 Å². The molecule has 5 nitrogen and oxygen atoms in total. The highest BCUT2D eigenvalue weighted by Gasteiger charge is 2.22. The molecule has 0 spiro atoms. The molecular formula is C16H14N4O. The average Bonchev–Trinajstić information content (AvgIpc) is 3.01. The molecule has 0 fully saturated rings. The van der Waals surface area contributed by atoms with Gasteiger partial charge >= 0.3 is 0 Å². The first-order valence-corrected chi connectivity index (χ1v) is 6.95. The predicted molar refractivity (Wildman–Crippen MR) is 78.8 cm³/mol. The number of nitrogens with one attached hydrogen (secondary N) is 1. The van der Waals surface area contributed by atoms with Gasteiger partial charge in [0.05, 0.1) is 5.69 Å². The molecule has 1 aromatic carbocycles. The zero-order valence-electron chi connectivity index (χ0n) is 11.4. The molecule has 4 rings (SSSR count). The van der Waals surface area contributed by atoms with Gasteiger partial charge in [0.1, 0.15) is 6.33 Å². The molecule has 1 aliphatic rings. The third kappa shape index (κ3) is 2.07. The van der Waals surface area contributed by atoms with Crippen LogP contribution in [0.25, 0.3) is 10.9 Å². The van der Waals surface area contributed by atoms with Crippen molar-refractivity contribution < 1.29 is 4.79 Å². The van der Waals surface area contributed by atoms with Crippen LogP contribution >= 0.6 is 0 Å². The van der Waals surface area contributed by atoms with Crippen molar-refractivity contribution in [3.05, 3.63) is 59.8 Å². The van der Waals surface area contributed by atoms with Crippen molar-refractivity contribution in [2.45, 2.75) is 13.0 Å². The highest BCUT2D eigenvalue weighted by Crippen LogP contribution is 2.20. The molecule has 1 N–H and O–H groups in total. The fourth-order valence-corrected chi connectivity index (χ4v) is 2.81. The topological polar surface area (TPSA) is 61.9 Å². The minimum absolute atomic E-state index is 0.0626. The van der Waals surface area contributed by atoms with Gasteiger partial charge in [0, 0.05) is 53.9 Å². The molecule has 0 saturated heterocycles. The highest BCUT2D eigenvalue weighted by atomic mass is 16.2. The Kier molecular flexibility index (Phi) is 2.70. The van der Waals surface area contributed by atoms with Gasteiger partial charge in [-0.3, -0.25) is 4.79 Å². The molecule has 0 radical (unpaired) electrons. The molecule has 2 aromatic heterocycles. The quantitative estimate of drug-likeness (QED) is 0.742. The number of amides is 1. The van der Waals surface area contributed by atoms with Crippen LogP contribution in [-0.4, -0.2) is 32.3 Å². The monoisotopic (exact) mass is 278 g/mol. The number of fused-ring (bicyclic) bond motifs is 2. The van der Waals surface area contributed by atoms with Crippen molar-refractivity contribution in [1.82, 2.24) is 19.9 Å². The fourth-order valence-electron chi connectivity index (χ4n) is 2.81. The summed E-state index contributed by atoms with van der Waals surface area (Å²) in [6, 6.07) is 7.73. The second-order valence-corrected chi connectivity index (χ2v) is 5.25. The largest absolute Gasteiger partial charge is 0.361 e. The van der Waals surface area contributed by atoms with Gasteiger partial charge in [-0.25, -0.2) is 9.97 Å². The number of aromatic nitrogens is 3. The van der Waals surface area contributed by atoms with Crippen molar-refractivity contribution in [2.75, 3.05) is 6.54 Å². The fraction of sp³-hybridized carbons (Fsp3) is 0.188. The van der Waals surface area contributed by atoms with Crippen LogP contribution in [0.4, 0.5) is 0 Å². The Morgan fingerprint density at radius 2 is 2.24 bits per heavy atom. The zero-order valence-corrected chi connectivity index (χ0v) is 11.4. The summed E-state index contributed by atoms with van der Waals surface area (Å²) < 4.78 is 0. The van der Waals surface area contributed by atoms with Gasteiger partial charge in [-0.2, -0.15) is 0 Å². The third-order valence-electron chi connectivity index (χ3n) is 3.95. The Morgan fingerprint density at radius 3 is 3.19 bits per heavy atom. The van der Waals surface area contributed by atoms with Gasteiger partial charge in [0.15, 0.2) is 0 Å². The molecule has 3 aromatic rings. The second-order valence-electron chi connectivity index (χ2n) is 5.25. The lowest BCUT2D eigenvalue weighted by molar-refractivity contribution is 0.0733. The number of hydrogen-bond donors (Lipinski definition) is 1. The van der Waals surface area contributed by atoms with Gasteiger partial charge in [-0.15, -0.1) is 0 Å². The lowest BCUT2D eigenvalue weighted by Crippen LogP contribution is -2.36. The summed E-state index contributed by atoms with van der Waals surface area (Å²) in [4.78, 5) is 26.0. The number of carbonyl (C=O) groups excluding carboxylic acids is 1. The molecule has 0 atom stereocenters. The van der Waals surface area contributed by atoms with Gasteiger partial charge in [0.25, 0.3) is 5.91 Å². The van der Waals surface area contributed by atoms with Gasteiger partial charge in [0.2, 0.25) is 0 Å². The normalized spacial score (nSPS) is 14.2. The van der Waals surface area contributed by atoms with E-state index in [2.05, 4.69) is 15.0 Å². The van der Waals surface area contributed by atoms with Crippen molar-refractivity contribution in [3.63, 3.8) is 0 Å². The Balaban J connectivity index is 1.63. The maximum atomic E-state index is 12.6. The van der Waals surface area contributed by atoms with Crippen molar-refractivity contribution >= 4 is 16.8 Å². The van der Waals surface area contributed by atoms with Crippen molar-refractivity contribution in [1.29, 1.82) is 0 Å². The minimum atomic E-state index is 0.0626. The molecule has 1 aliphatic heterocycles. The summed E-state index contributed by atoms with van der Waals surface area (Å²) in [7, 11) is 0. The first-order valence-electron chi connectivity index (χ1n) is 6.95. The molecule has 0 aliphatic carbocycles. The maximum absolute atomic E-state index is 12.6. The van der Waals surface area contributed by atoms with Crippen LogP contribution in [0.1, 0.15) is 21.6 Å². The summed E-state index contributed by atoms with van der Waals surface area (Å²) in [6.07, 6.45) is 6.04. The number of aromatic amines is 1. The van der Waals surface area contributed by atoms with E-state index >= 15 is 0 Å². The Morgan fingerprint density at radius 1 is 1.29 bits per heavy atom. The first-order chi connectivity index (χ1) is 10.3. The van der Waals surface area contributed by atoms with E-state index in [0.717, 1.165) is 34.1 Å². The summed E-state index contributed by atoms with van der Waals surface area (Å²) in [5.41, 5.74) is 3.86. The van der Waals surface area contributed by atoms with Crippen LogP contribution in [0.3, 0.4) is 0 Å². The molecule has 5 heteroatoms. The number of carbonyl (C=O) groups is 1. The zero-order chi connectivity index (χ0) is 14.2. The van der Waals surface area contributed by atoms with E-state index < -0.39 is 0 Å². The molecule has 21 heavy (non-hydrogen) atoms. The molecule has 0 saturated carbocycles. The molecule has 1 amide bonds. The van der Waals surface area contributed by atoms with Crippen molar-refractivity contribution in [3.8, 4) is 0 Å². The van der Waals surface area contributed by atoms with E-state index in [1.807, 2.05) is 35.4 Å². The summed E-state index contributed by atoms with van der Waals surface area (Å²) >= 11 is 0. The van der Waals surface area contributed by atoms with Crippen LogP contribution in [0.15, 0.2) is 43.0 Å². The average molecular weight is 278 g/mol. The maximum Gasteiger partial charge on any atom is 0.254 e. The van der Waals surface area contributed by atoms with Crippen LogP contribution in [-0.2, 0) is 13.0 Å².